The number of carbonyl (C=O) groups excluding carboxylic acids is 1. The van der Waals surface area contributed by atoms with Crippen molar-refractivity contribution in [3.63, 3.8) is 0 Å². The van der Waals surface area contributed by atoms with Gasteiger partial charge in [0.15, 0.2) is 6.29 Å². The number of aldehydes is 1. The van der Waals surface area contributed by atoms with Crippen LogP contribution in [0.15, 0.2) is 18.3 Å². The molecule has 0 fully saturated rings. The standard InChI is InChI=1S/C11H15NO3/c1-9(2)14-6-7-15-11-10(8-13)4-3-5-12-11/h3-5,8-9H,6-7H2,1-2H3. The van der Waals surface area contributed by atoms with Crippen LogP contribution >= 0.6 is 0 Å². The molecule has 1 aromatic heterocycles. The van der Waals surface area contributed by atoms with Crippen LogP contribution in [0.1, 0.15) is 24.2 Å². The summed E-state index contributed by atoms with van der Waals surface area (Å²) in [5.74, 6) is 0.361. The number of carbonyl (C=O) groups is 1. The van der Waals surface area contributed by atoms with Gasteiger partial charge in [-0.2, -0.15) is 0 Å². The van der Waals surface area contributed by atoms with Crippen molar-refractivity contribution in [1.29, 1.82) is 0 Å². The Morgan fingerprint density at radius 2 is 2.27 bits per heavy atom. The lowest BCUT2D eigenvalue weighted by Crippen LogP contribution is -2.12. The quantitative estimate of drug-likeness (QED) is 0.528. The molecule has 0 saturated carbocycles. The summed E-state index contributed by atoms with van der Waals surface area (Å²) in [5, 5.41) is 0. The average Bonchev–Trinajstić information content (AvgIpc) is 2.24. The summed E-state index contributed by atoms with van der Waals surface area (Å²) in [5.41, 5.74) is 0.460. The van der Waals surface area contributed by atoms with E-state index in [0.717, 1.165) is 6.29 Å². The highest BCUT2D eigenvalue weighted by molar-refractivity contribution is 5.77. The van der Waals surface area contributed by atoms with E-state index in [0.29, 0.717) is 24.7 Å². The molecule has 0 atom stereocenters. The van der Waals surface area contributed by atoms with Crippen molar-refractivity contribution in [3.05, 3.63) is 23.9 Å². The summed E-state index contributed by atoms with van der Waals surface area (Å²) in [6, 6.07) is 3.36. The van der Waals surface area contributed by atoms with Crippen molar-refractivity contribution in [3.8, 4) is 5.88 Å². The van der Waals surface area contributed by atoms with Crippen LogP contribution in [0.3, 0.4) is 0 Å². The molecule has 0 N–H and O–H groups in total. The maximum atomic E-state index is 10.6. The fourth-order valence-corrected chi connectivity index (χ4v) is 1.04. The Kier molecular flexibility index (Phi) is 4.77. The fraction of sp³-hybridized carbons (Fsp3) is 0.455. The molecule has 15 heavy (non-hydrogen) atoms. The lowest BCUT2D eigenvalue weighted by Gasteiger charge is -2.09. The first-order valence-corrected chi connectivity index (χ1v) is 4.88. The fourth-order valence-electron chi connectivity index (χ4n) is 1.04. The zero-order valence-electron chi connectivity index (χ0n) is 8.97. The molecule has 0 aromatic carbocycles. The van der Waals surface area contributed by atoms with Gasteiger partial charge in [0.05, 0.1) is 18.3 Å². The van der Waals surface area contributed by atoms with Crippen LogP contribution in [-0.2, 0) is 4.74 Å². The Bertz CT molecular complexity index is 312. The second kappa shape index (κ2) is 6.14. The van der Waals surface area contributed by atoms with Gasteiger partial charge in [-0.3, -0.25) is 4.79 Å². The molecule has 0 aliphatic rings. The van der Waals surface area contributed by atoms with Gasteiger partial charge in [-0.05, 0) is 26.0 Å². The van der Waals surface area contributed by atoms with Gasteiger partial charge >= 0.3 is 0 Å². The highest BCUT2D eigenvalue weighted by Gasteiger charge is 2.02. The number of hydrogen-bond acceptors (Lipinski definition) is 4. The van der Waals surface area contributed by atoms with Crippen molar-refractivity contribution < 1.29 is 14.3 Å². The van der Waals surface area contributed by atoms with Gasteiger partial charge in [0.25, 0.3) is 0 Å². The second-order valence-electron chi connectivity index (χ2n) is 3.28. The van der Waals surface area contributed by atoms with Crippen LogP contribution in [0.4, 0.5) is 0 Å². The van der Waals surface area contributed by atoms with E-state index >= 15 is 0 Å². The highest BCUT2D eigenvalue weighted by atomic mass is 16.5. The number of rotatable bonds is 6. The van der Waals surface area contributed by atoms with Crippen molar-refractivity contribution >= 4 is 6.29 Å². The predicted octanol–water partition coefficient (Wildman–Crippen LogP) is 1.70. The van der Waals surface area contributed by atoms with Crippen LogP contribution in [0.2, 0.25) is 0 Å². The minimum Gasteiger partial charge on any atom is -0.475 e. The van der Waals surface area contributed by atoms with Gasteiger partial charge < -0.3 is 9.47 Å². The van der Waals surface area contributed by atoms with Gasteiger partial charge in [0, 0.05) is 6.20 Å². The monoisotopic (exact) mass is 209 g/mol. The Labute approximate surface area is 89.2 Å². The second-order valence-corrected chi connectivity index (χ2v) is 3.28. The van der Waals surface area contributed by atoms with E-state index in [4.69, 9.17) is 9.47 Å². The molecule has 0 amide bonds. The lowest BCUT2D eigenvalue weighted by atomic mass is 10.3. The molecule has 4 nitrogen and oxygen atoms in total. The SMILES string of the molecule is CC(C)OCCOc1ncccc1C=O. The molecule has 0 aliphatic carbocycles. The molecule has 0 unspecified atom stereocenters. The maximum Gasteiger partial charge on any atom is 0.224 e. The molecule has 0 bridgehead atoms. The highest BCUT2D eigenvalue weighted by Crippen LogP contribution is 2.10. The van der Waals surface area contributed by atoms with Crippen molar-refractivity contribution in [2.75, 3.05) is 13.2 Å². The largest absolute Gasteiger partial charge is 0.475 e. The molecular weight excluding hydrogens is 194 g/mol. The number of aromatic nitrogens is 1. The molecule has 1 aromatic rings. The summed E-state index contributed by atoms with van der Waals surface area (Å²) in [4.78, 5) is 14.6. The van der Waals surface area contributed by atoms with Crippen molar-refractivity contribution in [2.24, 2.45) is 0 Å². The Hall–Kier alpha value is -1.42. The summed E-state index contributed by atoms with van der Waals surface area (Å²) >= 11 is 0. The van der Waals surface area contributed by atoms with Gasteiger partial charge in [-0.25, -0.2) is 4.98 Å². The van der Waals surface area contributed by atoms with Crippen LogP contribution in [0.5, 0.6) is 5.88 Å². The van der Waals surface area contributed by atoms with Crippen LogP contribution in [-0.4, -0.2) is 30.6 Å². The lowest BCUT2D eigenvalue weighted by molar-refractivity contribution is 0.0540. The smallest absolute Gasteiger partial charge is 0.224 e. The van der Waals surface area contributed by atoms with Gasteiger partial charge in [-0.1, -0.05) is 0 Å². The molecular formula is C11H15NO3. The summed E-state index contributed by atoms with van der Waals surface area (Å²) in [6.07, 6.45) is 2.50. The Morgan fingerprint density at radius 1 is 1.47 bits per heavy atom. The molecule has 0 saturated heterocycles. The number of ether oxygens (including phenoxy) is 2. The average molecular weight is 209 g/mol. The Balaban J connectivity index is 2.40. The minimum atomic E-state index is 0.183. The molecule has 4 heteroatoms. The molecule has 1 rings (SSSR count). The molecule has 0 radical (unpaired) electrons. The summed E-state index contributed by atoms with van der Waals surface area (Å²) < 4.78 is 10.6. The van der Waals surface area contributed by atoms with E-state index in [1.54, 1.807) is 18.3 Å². The van der Waals surface area contributed by atoms with Crippen molar-refractivity contribution in [2.45, 2.75) is 20.0 Å². The number of pyridine rings is 1. The third-order valence-corrected chi connectivity index (χ3v) is 1.70. The predicted molar refractivity (Wildman–Crippen MR) is 56.2 cm³/mol. The van der Waals surface area contributed by atoms with Gasteiger partial charge in [0.2, 0.25) is 5.88 Å². The Morgan fingerprint density at radius 3 is 2.93 bits per heavy atom. The van der Waals surface area contributed by atoms with Crippen LogP contribution in [0.25, 0.3) is 0 Å². The first kappa shape index (κ1) is 11.7. The normalized spacial score (nSPS) is 10.3. The molecule has 82 valence electrons. The zero-order chi connectivity index (χ0) is 11.1. The minimum absolute atomic E-state index is 0.183. The van der Waals surface area contributed by atoms with Gasteiger partial charge in [-0.15, -0.1) is 0 Å². The third kappa shape index (κ3) is 4.08. The summed E-state index contributed by atoms with van der Waals surface area (Å²) in [7, 11) is 0. The molecule has 0 aliphatic heterocycles. The van der Waals surface area contributed by atoms with Crippen LogP contribution in [0, 0.1) is 0 Å². The van der Waals surface area contributed by atoms with Crippen LogP contribution < -0.4 is 4.74 Å². The first-order chi connectivity index (χ1) is 7.24. The van der Waals surface area contributed by atoms with E-state index in [1.807, 2.05) is 13.8 Å². The maximum absolute atomic E-state index is 10.6. The molecule has 0 spiro atoms. The number of nitrogens with zero attached hydrogens (tertiary/aromatic N) is 1. The number of hydrogen-bond donors (Lipinski definition) is 0. The van der Waals surface area contributed by atoms with E-state index < -0.39 is 0 Å². The molecule has 1 heterocycles. The van der Waals surface area contributed by atoms with E-state index in [1.165, 1.54) is 0 Å². The zero-order valence-corrected chi connectivity index (χ0v) is 8.97. The van der Waals surface area contributed by atoms with Gasteiger partial charge in [0.1, 0.15) is 6.61 Å². The topological polar surface area (TPSA) is 48.4 Å². The van der Waals surface area contributed by atoms with Crippen molar-refractivity contribution in [1.82, 2.24) is 4.98 Å². The summed E-state index contributed by atoms with van der Waals surface area (Å²) in [6.45, 7) is 4.80. The first-order valence-electron chi connectivity index (χ1n) is 4.88. The van der Waals surface area contributed by atoms with E-state index in [2.05, 4.69) is 4.98 Å². The van der Waals surface area contributed by atoms with E-state index in [9.17, 15) is 4.79 Å². The third-order valence-electron chi connectivity index (χ3n) is 1.70. The van der Waals surface area contributed by atoms with E-state index in [-0.39, 0.29) is 6.10 Å².